The highest BCUT2D eigenvalue weighted by molar-refractivity contribution is 4.93. The zero-order valence-corrected chi connectivity index (χ0v) is 12.8. The maximum absolute atomic E-state index is 6.70. The van der Waals surface area contributed by atoms with Gasteiger partial charge in [0.2, 0.25) is 0 Å². The van der Waals surface area contributed by atoms with Crippen LogP contribution in [0.15, 0.2) is 0 Å². The van der Waals surface area contributed by atoms with Crippen molar-refractivity contribution in [2.75, 3.05) is 6.54 Å². The van der Waals surface area contributed by atoms with E-state index in [9.17, 15) is 0 Å². The Morgan fingerprint density at radius 2 is 1.63 bits per heavy atom. The molecule has 0 heterocycles. The minimum absolute atomic E-state index is 0.185. The average Bonchev–Trinajstić information content (AvgIpc) is 3.06. The highest BCUT2D eigenvalue weighted by Gasteiger charge is 2.39. The first-order chi connectivity index (χ1) is 9.15. The molecule has 0 aromatic heterocycles. The third kappa shape index (κ3) is 3.72. The zero-order chi connectivity index (χ0) is 13.3. The van der Waals surface area contributed by atoms with E-state index in [1.54, 1.807) is 0 Å². The molecule has 0 amide bonds. The van der Waals surface area contributed by atoms with Gasteiger partial charge in [0.25, 0.3) is 0 Å². The lowest BCUT2D eigenvalue weighted by Gasteiger charge is -2.39. The third-order valence-corrected chi connectivity index (χ3v) is 5.36. The normalized spacial score (nSPS) is 38.5. The van der Waals surface area contributed by atoms with Crippen LogP contribution in [0.4, 0.5) is 0 Å². The molecule has 3 rings (SSSR count). The van der Waals surface area contributed by atoms with Crippen LogP contribution in [0.5, 0.6) is 0 Å². The molecule has 3 aliphatic rings. The molecule has 0 radical (unpaired) electrons. The molecule has 3 saturated carbocycles. The molecular weight excluding hydrogens is 234 g/mol. The van der Waals surface area contributed by atoms with E-state index >= 15 is 0 Å². The van der Waals surface area contributed by atoms with E-state index in [4.69, 9.17) is 4.74 Å². The molecule has 2 heteroatoms. The number of rotatable bonds is 5. The van der Waals surface area contributed by atoms with Gasteiger partial charge in [-0.1, -0.05) is 26.7 Å². The van der Waals surface area contributed by atoms with E-state index in [1.807, 2.05) is 0 Å². The van der Waals surface area contributed by atoms with Crippen LogP contribution in [0.2, 0.25) is 0 Å². The van der Waals surface area contributed by atoms with Crippen molar-refractivity contribution in [2.45, 2.75) is 89.4 Å². The summed E-state index contributed by atoms with van der Waals surface area (Å²) < 4.78 is 6.70. The molecule has 0 bridgehead atoms. The topological polar surface area (TPSA) is 21.3 Å². The first-order valence-corrected chi connectivity index (χ1v) is 8.56. The predicted octanol–water partition coefficient (Wildman–Crippen LogP) is 3.89. The Bertz CT molecular complexity index is 284. The lowest BCUT2D eigenvalue weighted by atomic mass is 9.81. The molecule has 0 aromatic carbocycles. The second kappa shape index (κ2) is 5.73. The van der Waals surface area contributed by atoms with Gasteiger partial charge < -0.3 is 10.1 Å². The Kier molecular flexibility index (Phi) is 4.19. The maximum atomic E-state index is 6.70. The standard InChI is InChI=1S/C17H31NO/c1-13-9-14(2)11-16(10-13)19-17(7-3-4-8-17)12-18-15-5-6-15/h13-16,18H,3-12H2,1-2H3. The van der Waals surface area contributed by atoms with E-state index in [1.165, 1.54) is 57.8 Å². The first kappa shape index (κ1) is 13.9. The van der Waals surface area contributed by atoms with Crippen LogP contribution in [-0.2, 0) is 4.74 Å². The van der Waals surface area contributed by atoms with Crippen LogP contribution in [0.1, 0.15) is 71.6 Å². The molecule has 2 unspecified atom stereocenters. The van der Waals surface area contributed by atoms with Crippen molar-refractivity contribution in [1.29, 1.82) is 0 Å². The summed E-state index contributed by atoms with van der Waals surface area (Å²) in [5.41, 5.74) is 0.185. The van der Waals surface area contributed by atoms with Gasteiger partial charge in [0, 0.05) is 12.6 Å². The van der Waals surface area contributed by atoms with Gasteiger partial charge in [0.1, 0.15) is 0 Å². The molecule has 110 valence electrons. The van der Waals surface area contributed by atoms with E-state index in [2.05, 4.69) is 19.2 Å². The molecule has 0 saturated heterocycles. The number of hydrogen-bond donors (Lipinski definition) is 1. The molecular formula is C17H31NO. The average molecular weight is 265 g/mol. The Balaban J connectivity index is 1.56. The summed E-state index contributed by atoms with van der Waals surface area (Å²) in [5, 5.41) is 3.73. The van der Waals surface area contributed by atoms with E-state index in [0.29, 0.717) is 6.10 Å². The van der Waals surface area contributed by atoms with Gasteiger partial charge in [-0.05, 0) is 56.8 Å². The third-order valence-electron chi connectivity index (χ3n) is 5.36. The summed E-state index contributed by atoms with van der Waals surface area (Å²) >= 11 is 0. The van der Waals surface area contributed by atoms with Gasteiger partial charge in [-0.3, -0.25) is 0 Å². The molecule has 0 spiro atoms. The zero-order valence-electron chi connectivity index (χ0n) is 12.8. The summed E-state index contributed by atoms with van der Waals surface area (Å²) in [4.78, 5) is 0. The van der Waals surface area contributed by atoms with E-state index in [-0.39, 0.29) is 5.60 Å². The van der Waals surface area contributed by atoms with Gasteiger partial charge in [0.05, 0.1) is 11.7 Å². The minimum Gasteiger partial charge on any atom is -0.370 e. The number of nitrogens with one attached hydrogen (secondary N) is 1. The number of ether oxygens (including phenoxy) is 1. The summed E-state index contributed by atoms with van der Waals surface area (Å²) in [6, 6.07) is 0.810. The fourth-order valence-electron chi connectivity index (χ4n) is 4.30. The van der Waals surface area contributed by atoms with Crippen molar-refractivity contribution >= 4 is 0 Å². The van der Waals surface area contributed by atoms with E-state index < -0.39 is 0 Å². The first-order valence-electron chi connectivity index (χ1n) is 8.56. The van der Waals surface area contributed by atoms with Crippen LogP contribution >= 0.6 is 0 Å². The monoisotopic (exact) mass is 265 g/mol. The van der Waals surface area contributed by atoms with Crippen LogP contribution < -0.4 is 5.32 Å². The van der Waals surface area contributed by atoms with E-state index in [0.717, 1.165) is 24.4 Å². The van der Waals surface area contributed by atoms with Crippen molar-refractivity contribution in [3.63, 3.8) is 0 Å². The van der Waals surface area contributed by atoms with Crippen LogP contribution in [0, 0.1) is 11.8 Å². The fourth-order valence-corrected chi connectivity index (χ4v) is 4.30. The van der Waals surface area contributed by atoms with Crippen LogP contribution in [0.25, 0.3) is 0 Å². The summed E-state index contributed by atoms with van der Waals surface area (Å²) in [5.74, 6) is 1.70. The van der Waals surface area contributed by atoms with Crippen LogP contribution in [-0.4, -0.2) is 24.3 Å². The molecule has 1 N–H and O–H groups in total. The molecule has 2 atom stereocenters. The summed E-state index contributed by atoms with van der Waals surface area (Å²) in [7, 11) is 0. The fraction of sp³-hybridized carbons (Fsp3) is 1.00. The van der Waals surface area contributed by atoms with Gasteiger partial charge in [-0.25, -0.2) is 0 Å². The lowest BCUT2D eigenvalue weighted by molar-refractivity contribution is -0.112. The molecule has 2 nitrogen and oxygen atoms in total. The SMILES string of the molecule is CC1CC(C)CC(OC2(CNC3CC3)CCCC2)C1. The van der Waals surface area contributed by atoms with Gasteiger partial charge in [-0.2, -0.15) is 0 Å². The highest BCUT2D eigenvalue weighted by Crippen LogP contribution is 2.39. The summed E-state index contributed by atoms with van der Waals surface area (Å²) in [6.45, 7) is 5.91. The van der Waals surface area contributed by atoms with Gasteiger partial charge in [-0.15, -0.1) is 0 Å². The van der Waals surface area contributed by atoms with Crippen molar-refractivity contribution in [1.82, 2.24) is 5.32 Å². The Hall–Kier alpha value is -0.0800. The van der Waals surface area contributed by atoms with Crippen molar-refractivity contribution < 1.29 is 4.74 Å². The minimum atomic E-state index is 0.185. The quantitative estimate of drug-likeness (QED) is 0.814. The molecule has 0 aliphatic heterocycles. The Morgan fingerprint density at radius 3 is 2.21 bits per heavy atom. The molecule has 0 aromatic rings. The molecule has 3 aliphatic carbocycles. The van der Waals surface area contributed by atoms with Crippen molar-refractivity contribution in [3.8, 4) is 0 Å². The second-order valence-corrected chi connectivity index (χ2v) is 7.70. The smallest absolute Gasteiger partial charge is 0.0810 e. The van der Waals surface area contributed by atoms with Gasteiger partial charge in [0.15, 0.2) is 0 Å². The van der Waals surface area contributed by atoms with Gasteiger partial charge >= 0.3 is 0 Å². The highest BCUT2D eigenvalue weighted by atomic mass is 16.5. The summed E-state index contributed by atoms with van der Waals surface area (Å²) in [6.07, 6.45) is 12.6. The largest absolute Gasteiger partial charge is 0.370 e. The van der Waals surface area contributed by atoms with Crippen molar-refractivity contribution in [3.05, 3.63) is 0 Å². The second-order valence-electron chi connectivity index (χ2n) is 7.70. The lowest BCUT2D eigenvalue weighted by Crippen LogP contribution is -2.45. The molecule has 3 fully saturated rings. The number of hydrogen-bond acceptors (Lipinski definition) is 2. The predicted molar refractivity (Wildman–Crippen MR) is 79.3 cm³/mol. The van der Waals surface area contributed by atoms with Crippen molar-refractivity contribution in [2.24, 2.45) is 11.8 Å². The molecule has 19 heavy (non-hydrogen) atoms. The maximum Gasteiger partial charge on any atom is 0.0810 e. The van der Waals surface area contributed by atoms with Crippen LogP contribution in [0.3, 0.4) is 0 Å². The Labute approximate surface area is 118 Å². The Morgan fingerprint density at radius 1 is 1.00 bits per heavy atom.